The number of hydrogen-bond acceptors (Lipinski definition) is 3. The maximum Gasteiger partial charge on any atom is 0.120 e. The van der Waals surface area contributed by atoms with Gasteiger partial charge in [-0.2, -0.15) is 0 Å². The van der Waals surface area contributed by atoms with Gasteiger partial charge in [0.1, 0.15) is 11.5 Å². The number of hydrogen-bond donors (Lipinski definition) is 2. The molecule has 0 aromatic heterocycles. The first-order valence-electron chi connectivity index (χ1n) is 8.85. The second-order valence-corrected chi connectivity index (χ2v) is 7.69. The molecule has 4 heteroatoms. The van der Waals surface area contributed by atoms with Crippen molar-refractivity contribution in [3.63, 3.8) is 0 Å². The number of anilines is 1. The van der Waals surface area contributed by atoms with Crippen LogP contribution in [-0.2, 0) is 0 Å². The minimum Gasteiger partial charge on any atom is -0.508 e. The average molecular weight is 400 g/mol. The molecule has 1 aliphatic carbocycles. The lowest BCUT2D eigenvalue weighted by Crippen LogP contribution is -2.29. The zero-order valence-electron chi connectivity index (χ0n) is 14.2. The molecule has 0 fully saturated rings. The SMILES string of the molecule is CCCOc1ccc2c(c1)C1C=CCC1C(c1cc(Br)ccc1O)N2. The fourth-order valence-corrected chi connectivity index (χ4v) is 4.34. The summed E-state index contributed by atoms with van der Waals surface area (Å²) in [5.74, 6) is 2.03. The first kappa shape index (κ1) is 16.5. The number of aromatic hydroxyl groups is 1. The number of rotatable bonds is 4. The maximum atomic E-state index is 10.4. The van der Waals surface area contributed by atoms with Gasteiger partial charge in [0, 0.05) is 21.6 Å². The van der Waals surface area contributed by atoms with E-state index in [1.807, 2.05) is 18.2 Å². The van der Waals surface area contributed by atoms with Gasteiger partial charge in [-0.3, -0.25) is 0 Å². The Morgan fingerprint density at radius 3 is 2.92 bits per heavy atom. The van der Waals surface area contributed by atoms with Crippen LogP contribution in [0, 0.1) is 5.92 Å². The maximum absolute atomic E-state index is 10.4. The molecule has 2 aromatic rings. The molecule has 1 heterocycles. The summed E-state index contributed by atoms with van der Waals surface area (Å²) < 4.78 is 6.80. The molecule has 2 aliphatic rings. The quantitative estimate of drug-likeness (QED) is 0.641. The van der Waals surface area contributed by atoms with E-state index >= 15 is 0 Å². The summed E-state index contributed by atoms with van der Waals surface area (Å²) in [4.78, 5) is 0. The van der Waals surface area contributed by atoms with Crippen LogP contribution in [-0.4, -0.2) is 11.7 Å². The Bertz CT molecular complexity index is 818. The van der Waals surface area contributed by atoms with Crippen LogP contribution in [0.2, 0.25) is 0 Å². The van der Waals surface area contributed by atoms with E-state index < -0.39 is 0 Å². The number of benzene rings is 2. The molecule has 0 saturated heterocycles. The molecule has 0 amide bonds. The highest BCUT2D eigenvalue weighted by atomic mass is 79.9. The van der Waals surface area contributed by atoms with Gasteiger partial charge in [0.05, 0.1) is 12.6 Å². The Morgan fingerprint density at radius 1 is 1.20 bits per heavy atom. The topological polar surface area (TPSA) is 41.5 Å². The summed E-state index contributed by atoms with van der Waals surface area (Å²) in [7, 11) is 0. The van der Waals surface area contributed by atoms with Gasteiger partial charge < -0.3 is 15.2 Å². The Kier molecular flexibility index (Phi) is 4.46. The van der Waals surface area contributed by atoms with E-state index in [9.17, 15) is 5.11 Å². The number of halogens is 1. The minimum absolute atomic E-state index is 0.0902. The largest absolute Gasteiger partial charge is 0.508 e. The molecule has 0 bridgehead atoms. The third-order valence-electron chi connectivity index (χ3n) is 5.13. The van der Waals surface area contributed by atoms with Crippen LogP contribution in [0.25, 0.3) is 0 Å². The Morgan fingerprint density at radius 2 is 2.08 bits per heavy atom. The van der Waals surface area contributed by atoms with E-state index in [0.717, 1.165) is 40.9 Å². The van der Waals surface area contributed by atoms with Crippen molar-refractivity contribution in [2.45, 2.75) is 31.7 Å². The molecule has 0 radical (unpaired) electrons. The third-order valence-corrected chi connectivity index (χ3v) is 5.62. The van der Waals surface area contributed by atoms with Crippen molar-refractivity contribution >= 4 is 21.6 Å². The molecule has 130 valence electrons. The van der Waals surface area contributed by atoms with E-state index in [4.69, 9.17) is 4.74 Å². The summed E-state index contributed by atoms with van der Waals surface area (Å²) in [5.41, 5.74) is 3.36. The fraction of sp³-hybridized carbons (Fsp3) is 0.333. The van der Waals surface area contributed by atoms with Gasteiger partial charge in [-0.05, 0) is 60.7 Å². The highest BCUT2D eigenvalue weighted by molar-refractivity contribution is 9.10. The molecule has 0 saturated carbocycles. The molecule has 0 spiro atoms. The first-order chi connectivity index (χ1) is 12.2. The molecule has 3 nitrogen and oxygen atoms in total. The molecule has 4 rings (SSSR count). The Hall–Kier alpha value is -1.94. The highest BCUT2D eigenvalue weighted by Gasteiger charge is 2.39. The minimum atomic E-state index is 0.0902. The van der Waals surface area contributed by atoms with Crippen molar-refractivity contribution in [2.75, 3.05) is 11.9 Å². The van der Waals surface area contributed by atoms with E-state index in [1.54, 1.807) is 6.07 Å². The van der Waals surface area contributed by atoms with Crippen LogP contribution >= 0.6 is 15.9 Å². The van der Waals surface area contributed by atoms with Crippen molar-refractivity contribution < 1.29 is 9.84 Å². The molecular weight excluding hydrogens is 378 g/mol. The van der Waals surface area contributed by atoms with Gasteiger partial charge in [-0.15, -0.1) is 0 Å². The van der Waals surface area contributed by atoms with Crippen molar-refractivity contribution in [2.24, 2.45) is 5.92 Å². The summed E-state index contributed by atoms with van der Waals surface area (Å²) in [6, 6.07) is 12.0. The third kappa shape index (κ3) is 3.04. The fourth-order valence-electron chi connectivity index (χ4n) is 3.96. The first-order valence-corrected chi connectivity index (χ1v) is 9.65. The van der Waals surface area contributed by atoms with E-state index in [0.29, 0.717) is 17.6 Å². The summed E-state index contributed by atoms with van der Waals surface area (Å²) in [6.07, 6.45) is 6.57. The van der Waals surface area contributed by atoms with Crippen LogP contribution in [0.1, 0.15) is 42.9 Å². The highest BCUT2D eigenvalue weighted by Crippen LogP contribution is 2.51. The van der Waals surface area contributed by atoms with Crippen molar-refractivity contribution in [1.29, 1.82) is 0 Å². The number of nitrogens with one attached hydrogen (secondary N) is 1. The van der Waals surface area contributed by atoms with Gasteiger partial charge >= 0.3 is 0 Å². The number of fused-ring (bicyclic) bond motifs is 3. The normalized spacial score (nSPS) is 23.7. The van der Waals surface area contributed by atoms with Crippen LogP contribution in [0.15, 0.2) is 53.0 Å². The number of ether oxygens (including phenoxy) is 1. The van der Waals surface area contributed by atoms with Gasteiger partial charge in [0.2, 0.25) is 0 Å². The van der Waals surface area contributed by atoms with Crippen molar-refractivity contribution in [3.05, 3.63) is 64.1 Å². The van der Waals surface area contributed by atoms with Crippen LogP contribution in [0.5, 0.6) is 11.5 Å². The van der Waals surface area contributed by atoms with Gasteiger partial charge in [0.15, 0.2) is 0 Å². The molecule has 3 atom stereocenters. The smallest absolute Gasteiger partial charge is 0.120 e. The van der Waals surface area contributed by atoms with Crippen molar-refractivity contribution in [3.8, 4) is 11.5 Å². The molecular formula is C21H22BrNO2. The lowest BCUT2D eigenvalue weighted by atomic mass is 9.77. The predicted octanol–water partition coefficient (Wildman–Crippen LogP) is 5.77. The van der Waals surface area contributed by atoms with Gasteiger partial charge in [0.25, 0.3) is 0 Å². The van der Waals surface area contributed by atoms with Crippen molar-refractivity contribution in [1.82, 2.24) is 0 Å². The monoisotopic (exact) mass is 399 g/mol. The lowest BCUT2D eigenvalue weighted by molar-refractivity contribution is 0.316. The Labute approximate surface area is 156 Å². The molecule has 3 unspecified atom stereocenters. The Balaban J connectivity index is 1.72. The standard InChI is InChI=1S/C21H22BrNO2/c1-2-10-25-14-7-8-19-17(12-14)15-4-3-5-16(15)21(23-19)18-11-13(22)6-9-20(18)24/h3-4,6-9,11-12,15-16,21,23-24H,2,5,10H2,1H3. The summed E-state index contributed by atoms with van der Waals surface area (Å²) >= 11 is 3.53. The zero-order valence-corrected chi connectivity index (χ0v) is 15.8. The predicted molar refractivity (Wildman–Crippen MR) is 104 cm³/mol. The zero-order chi connectivity index (χ0) is 17.4. The van der Waals surface area contributed by atoms with Crippen LogP contribution in [0.4, 0.5) is 5.69 Å². The number of allylic oxidation sites excluding steroid dienone is 2. The van der Waals surface area contributed by atoms with E-state index in [1.165, 1.54) is 5.56 Å². The average Bonchev–Trinajstić information content (AvgIpc) is 3.11. The second-order valence-electron chi connectivity index (χ2n) is 6.78. The number of phenolic OH excluding ortho intramolecular Hbond substituents is 1. The molecule has 2 aromatic carbocycles. The summed E-state index contributed by atoms with van der Waals surface area (Å²) in [6.45, 7) is 2.86. The molecule has 1 aliphatic heterocycles. The van der Waals surface area contributed by atoms with Gasteiger partial charge in [-0.25, -0.2) is 0 Å². The van der Waals surface area contributed by atoms with Crippen LogP contribution in [0.3, 0.4) is 0 Å². The second kappa shape index (κ2) is 6.75. The lowest BCUT2D eigenvalue weighted by Gasteiger charge is -2.38. The molecule has 25 heavy (non-hydrogen) atoms. The van der Waals surface area contributed by atoms with Gasteiger partial charge in [-0.1, -0.05) is 35.0 Å². The molecule has 2 N–H and O–H groups in total. The van der Waals surface area contributed by atoms with E-state index in [-0.39, 0.29) is 6.04 Å². The van der Waals surface area contributed by atoms with E-state index in [2.05, 4.69) is 52.5 Å². The van der Waals surface area contributed by atoms with Crippen LogP contribution < -0.4 is 10.1 Å². The summed E-state index contributed by atoms with van der Waals surface area (Å²) in [5, 5.41) is 14.1. The number of phenols is 1.